The van der Waals surface area contributed by atoms with E-state index < -0.39 is 0 Å². The molecule has 7 nitrogen and oxygen atoms in total. The highest BCUT2D eigenvalue weighted by Crippen LogP contribution is 2.21. The van der Waals surface area contributed by atoms with Gasteiger partial charge in [0.1, 0.15) is 11.6 Å². The first-order valence-electron chi connectivity index (χ1n) is 8.30. The predicted molar refractivity (Wildman–Crippen MR) is 100 cm³/mol. The summed E-state index contributed by atoms with van der Waals surface area (Å²) in [6.07, 6.45) is 5.26. The second kappa shape index (κ2) is 7.79. The average molecular weight is 351 g/mol. The van der Waals surface area contributed by atoms with E-state index in [1.54, 1.807) is 18.3 Å². The fourth-order valence-electron chi connectivity index (χ4n) is 2.67. The van der Waals surface area contributed by atoms with Crippen molar-refractivity contribution in [3.8, 4) is 0 Å². The molecule has 26 heavy (non-hydrogen) atoms. The zero-order valence-corrected chi connectivity index (χ0v) is 14.7. The van der Waals surface area contributed by atoms with Crippen LogP contribution in [0.5, 0.6) is 0 Å². The molecule has 0 aliphatic rings. The van der Waals surface area contributed by atoms with Crippen LogP contribution in [-0.4, -0.2) is 25.7 Å². The number of amides is 2. The number of pyridine rings is 1. The highest BCUT2D eigenvalue weighted by molar-refractivity contribution is 5.99. The van der Waals surface area contributed by atoms with Crippen LogP contribution in [-0.2, 0) is 6.61 Å². The van der Waals surface area contributed by atoms with Gasteiger partial charge in [0.15, 0.2) is 0 Å². The summed E-state index contributed by atoms with van der Waals surface area (Å²) in [7, 11) is 0. The molecule has 1 aromatic carbocycles. The topological polar surface area (TPSA) is 92.1 Å². The molecule has 2 aromatic heterocycles. The van der Waals surface area contributed by atoms with E-state index in [0.717, 1.165) is 11.4 Å². The molecule has 1 unspecified atom stereocenters. The third-order valence-electron chi connectivity index (χ3n) is 4.18. The highest BCUT2D eigenvalue weighted by atomic mass is 16.3. The molecule has 0 saturated carbocycles. The quantitative estimate of drug-likeness (QED) is 0.657. The smallest absolute Gasteiger partial charge is 0.324 e. The summed E-state index contributed by atoms with van der Waals surface area (Å²) in [6, 6.07) is 10.8. The number of aliphatic hydroxyl groups is 1. The number of aromatic nitrogens is 3. The maximum absolute atomic E-state index is 12.1. The molecular formula is C19H21N5O2. The standard InChI is InChI=1S/C19H21N5O2/c1-13(24-10-9-20-14(24)2)16-4-6-17(7-5-16)22-19(26)23-18-8-3-15(12-25)11-21-18/h3-11,13,25H,12H2,1-2H3,(H2,21,22,23,26). The van der Waals surface area contributed by atoms with Crippen molar-refractivity contribution in [1.82, 2.24) is 14.5 Å². The second-order valence-electron chi connectivity index (χ2n) is 5.97. The van der Waals surface area contributed by atoms with Gasteiger partial charge in [0.05, 0.1) is 12.6 Å². The zero-order valence-electron chi connectivity index (χ0n) is 14.7. The third kappa shape index (κ3) is 4.07. The predicted octanol–water partition coefficient (Wildman–Crippen LogP) is 3.33. The van der Waals surface area contributed by atoms with Gasteiger partial charge in [0.25, 0.3) is 0 Å². The van der Waals surface area contributed by atoms with Crippen LogP contribution in [0.2, 0.25) is 0 Å². The Labute approximate surface area is 151 Å². The van der Waals surface area contributed by atoms with Gasteiger partial charge in [-0.2, -0.15) is 0 Å². The lowest BCUT2D eigenvalue weighted by Gasteiger charge is -2.16. The van der Waals surface area contributed by atoms with Gasteiger partial charge in [-0.3, -0.25) is 5.32 Å². The monoisotopic (exact) mass is 351 g/mol. The maximum atomic E-state index is 12.1. The number of hydrogen-bond donors (Lipinski definition) is 3. The number of aryl methyl sites for hydroxylation is 1. The van der Waals surface area contributed by atoms with Gasteiger partial charge in [-0.25, -0.2) is 14.8 Å². The highest BCUT2D eigenvalue weighted by Gasteiger charge is 2.10. The number of benzene rings is 1. The van der Waals surface area contributed by atoms with Gasteiger partial charge < -0.3 is 15.0 Å². The molecule has 0 radical (unpaired) electrons. The summed E-state index contributed by atoms with van der Waals surface area (Å²) >= 11 is 0. The second-order valence-corrected chi connectivity index (χ2v) is 5.97. The lowest BCUT2D eigenvalue weighted by atomic mass is 10.1. The molecule has 2 amide bonds. The van der Waals surface area contributed by atoms with Crippen LogP contribution in [0.3, 0.4) is 0 Å². The first-order chi connectivity index (χ1) is 12.6. The van der Waals surface area contributed by atoms with Crippen molar-refractivity contribution < 1.29 is 9.90 Å². The van der Waals surface area contributed by atoms with Crippen LogP contribution in [0.4, 0.5) is 16.3 Å². The van der Waals surface area contributed by atoms with Crippen molar-refractivity contribution in [2.24, 2.45) is 0 Å². The first kappa shape index (κ1) is 17.6. The van der Waals surface area contributed by atoms with Gasteiger partial charge in [-0.05, 0) is 43.2 Å². The molecule has 2 heterocycles. The minimum atomic E-state index is -0.375. The van der Waals surface area contributed by atoms with Gasteiger partial charge in [0, 0.05) is 24.3 Å². The van der Waals surface area contributed by atoms with Gasteiger partial charge in [0.2, 0.25) is 0 Å². The summed E-state index contributed by atoms with van der Waals surface area (Å²) in [5, 5.41) is 14.4. The first-order valence-corrected chi connectivity index (χ1v) is 8.30. The number of carbonyl (C=O) groups is 1. The van der Waals surface area contributed by atoms with Crippen LogP contribution < -0.4 is 10.6 Å². The molecule has 0 saturated heterocycles. The van der Waals surface area contributed by atoms with Crippen LogP contribution in [0.25, 0.3) is 0 Å². The van der Waals surface area contributed by atoms with E-state index in [1.165, 1.54) is 6.20 Å². The van der Waals surface area contributed by atoms with Crippen molar-refractivity contribution in [2.45, 2.75) is 26.5 Å². The molecule has 0 spiro atoms. The van der Waals surface area contributed by atoms with Crippen molar-refractivity contribution >= 4 is 17.5 Å². The summed E-state index contributed by atoms with van der Waals surface area (Å²) in [4.78, 5) is 20.4. The lowest BCUT2D eigenvalue weighted by Crippen LogP contribution is -2.20. The lowest BCUT2D eigenvalue weighted by molar-refractivity contribution is 0.262. The fraction of sp³-hybridized carbons (Fsp3) is 0.211. The Hall–Kier alpha value is -3.19. The number of nitrogens with zero attached hydrogens (tertiary/aromatic N) is 3. The van der Waals surface area contributed by atoms with Crippen LogP contribution >= 0.6 is 0 Å². The van der Waals surface area contributed by atoms with E-state index in [4.69, 9.17) is 5.11 Å². The van der Waals surface area contributed by atoms with Gasteiger partial charge >= 0.3 is 6.03 Å². The van der Waals surface area contributed by atoms with E-state index >= 15 is 0 Å². The molecule has 1 atom stereocenters. The van der Waals surface area contributed by atoms with E-state index in [1.807, 2.05) is 37.4 Å². The van der Waals surface area contributed by atoms with Gasteiger partial charge in [-0.15, -0.1) is 0 Å². The minimum absolute atomic E-state index is 0.0805. The molecule has 0 aliphatic carbocycles. The van der Waals surface area contributed by atoms with Crippen molar-refractivity contribution in [3.63, 3.8) is 0 Å². The van der Waals surface area contributed by atoms with Crippen molar-refractivity contribution in [1.29, 1.82) is 0 Å². The van der Waals surface area contributed by atoms with E-state index in [-0.39, 0.29) is 18.7 Å². The van der Waals surface area contributed by atoms with E-state index in [2.05, 4.69) is 32.1 Å². The van der Waals surface area contributed by atoms with E-state index in [0.29, 0.717) is 17.1 Å². The zero-order chi connectivity index (χ0) is 18.5. The molecule has 3 rings (SSSR count). The molecule has 134 valence electrons. The number of anilines is 2. The molecule has 7 heteroatoms. The molecule has 3 N–H and O–H groups in total. The van der Waals surface area contributed by atoms with Crippen LogP contribution in [0.15, 0.2) is 55.0 Å². The Kier molecular flexibility index (Phi) is 5.28. The average Bonchev–Trinajstić information content (AvgIpc) is 3.08. The van der Waals surface area contributed by atoms with Crippen LogP contribution in [0, 0.1) is 6.92 Å². The number of aliphatic hydroxyl groups excluding tert-OH is 1. The molecule has 0 fully saturated rings. The maximum Gasteiger partial charge on any atom is 0.324 e. The summed E-state index contributed by atoms with van der Waals surface area (Å²) < 4.78 is 2.09. The Morgan fingerprint density at radius 1 is 1.15 bits per heavy atom. The molecular weight excluding hydrogens is 330 g/mol. The normalized spacial score (nSPS) is 11.8. The number of nitrogens with one attached hydrogen (secondary N) is 2. The fourth-order valence-corrected chi connectivity index (χ4v) is 2.67. The largest absolute Gasteiger partial charge is 0.392 e. The third-order valence-corrected chi connectivity index (χ3v) is 4.18. The Balaban J connectivity index is 1.61. The van der Waals surface area contributed by atoms with E-state index in [9.17, 15) is 4.79 Å². The Morgan fingerprint density at radius 2 is 1.92 bits per heavy atom. The summed E-state index contributed by atoms with van der Waals surface area (Å²) in [5.74, 6) is 1.37. The summed E-state index contributed by atoms with van der Waals surface area (Å²) in [5.41, 5.74) is 2.50. The number of urea groups is 1. The summed E-state index contributed by atoms with van der Waals surface area (Å²) in [6.45, 7) is 3.99. The number of hydrogen-bond acceptors (Lipinski definition) is 4. The number of carbonyl (C=O) groups excluding carboxylic acids is 1. The van der Waals surface area contributed by atoms with Crippen molar-refractivity contribution in [3.05, 3.63) is 71.9 Å². The van der Waals surface area contributed by atoms with Crippen LogP contribution in [0.1, 0.15) is 29.9 Å². The van der Waals surface area contributed by atoms with Crippen molar-refractivity contribution in [2.75, 3.05) is 10.6 Å². The number of imidazole rings is 1. The van der Waals surface area contributed by atoms with Gasteiger partial charge in [-0.1, -0.05) is 18.2 Å². The molecule has 0 bridgehead atoms. The SMILES string of the molecule is Cc1nccn1C(C)c1ccc(NC(=O)Nc2ccc(CO)cn2)cc1. The number of rotatable bonds is 5. The Bertz CT molecular complexity index is 872. The molecule has 3 aromatic rings. The Morgan fingerprint density at radius 3 is 2.50 bits per heavy atom. The minimum Gasteiger partial charge on any atom is -0.392 e. The molecule has 0 aliphatic heterocycles.